The Morgan fingerprint density at radius 2 is 1.57 bits per heavy atom. The van der Waals surface area contributed by atoms with E-state index in [1.807, 2.05) is 0 Å². The molecule has 1 aliphatic rings. The van der Waals surface area contributed by atoms with Crippen molar-refractivity contribution in [3.8, 4) is 0 Å². The standard InChI is InChI=1S/C26H44N2O2/c1-8-17-28(18-9-2)22-15-13-21(14-16-22)11-10-12-24(29)30-23-19-25(3,4)27(7)26(5,6)20-23/h13-16,23H,8-12,17-20H2,1-7H3. The highest BCUT2D eigenvalue weighted by Gasteiger charge is 2.44. The number of aryl methyl sites for hydroxylation is 1. The number of benzene rings is 1. The molecule has 1 aromatic rings. The maximum absolute atomic E-state index is 12.4. The second kappa shape index (κ2) is 10.7. The molecule has 0 amide bonds. The summed E-state index contributed by atoms with van der Waals surface area (Å²) >= 11 is 0. The second-order valence-corrected chi connectivity index (χ2v) is 10.2. The Morgan fingerprint density at radius 3 is 2.07 bits per heavy atom. The van der Waals surface area contributed by atoms with Gasteiger partial charge in [-0.15, -0.1) is 0 Å². The third kappa shape index (κ3) is 6.73. The normalized spacial score (nSPS) is 18.9. The van der Waals surface area contributed by atoms with Gasteiger partial charge in [-0.1, -0.05) is 26.0 Å². The molecule has 1 aromatic carbocycles. The number of carbonyl (C=O) groups is 1. The molecule has 0 aromatic heterocycles. The van der Waals surface area contributed by atoms with Gasteiger partial charge in [0.15, 0.2) is 0 Å². The lowest BCUT2D eigenvalue weighted by Gasteiger charge is -2.53. The molecule has 1 aliphatic heterocycles. The van der Waals surface area contributed by atoms with E-state index in [4.69, 9.17) is 4.74 Å². The van der Waals surface area contributed by atoms with Crippen LogP contribution in [0.15, 0.2) is 24.3 Å². The van der Waals surface area contributed by atoms with Crippen molar-refractivity contribution in [2.24, 2.45) is 0 Å². The molecule has 0 aliphatic carbocycles. The van der Waals surface area contributed by atoms with Gasteiger partial charge in [-0.2, -0.15) is 0 Å². The van der Waals surface area contributed by atoms with Gasteiger partial charge in [-0.25, -0.2) is 0 Å². The van der Waals surface area contributed by atoms with Gasteiger partial charge in [-0.05, 0) is 78.1 Å². The van der Waals surface area contributed by atoms with E-state index in [2.05, 4.69) is 82.7 Å². The fourth-order valence-corrected chi connectivity index (χ4v) is 4.83. The third-order valence-electron chi connectivity index (χ3n) is 6.70. The first-order valence-corrected chi connectivity index (χ1v) is 11.9. The molecule has 4 nitrogen and oxygen atoms in total. The van der Waals surface area contributed by atoms with Crippen LogP contribution in [0.4, 0.5) is 5.69 Å². The minimum atomic E-state index is -0.0511. The minimum absolute atomic E-state index is 0.0149. The molecule has 2 rings (SSSR count). The molecular formula is C26H44N2O2. The monoisotopic (exact) mass is 416 g/mol. The summed E-state index contributed by atoms with van der Waals surface area (Å²) in [6.07, 6.45) is 6.38. The Bertz CT molecular complexity index is 642. The Labute approximate surface area is 185 Å². The molecule has 1 fully saturated rings. The number of likely N-dealkylation sites (tertiary alicyclic amines) is 1. The smallest absolute Gasteiger partial charge is 0.306 e. The van der Waals surface area contributed by atoms with Crippen molar-refractivity contribution in [2.75, 3.05) is 25.0 Å². The van der Waals surface area contributed by atoms with E-state index in [-0.39, 0.29) is 23.2 Å². The summed E-state index contributed by atoms with van der Waals surface area (Å²) in [4.78, 5) is 17.3. The van der Waals surface area contributed by atoms with Crippen molar-refractivity contribution in [1.82, 2.24) is 4.90 Å². The van der Waals surface area contributed by atoms with Crippen molar-refractivity contribution < 1.29 is 9.53 Å². The van der Waals surface area contributed by atoms with Crippen LogP contribution in [-0.2, 0) is 16.0 Å². The predicted octanol–water partition coefficient (Wildman–Crippen LogP) is 5.83. The van der Waals surface area contributed by atoms with Crippen LogP contribution < -0.4 is 4.90 Å². The number of anilines is 1. The van der Waals surface area contributed by atoms with Crippen molar-refractivity contribution in [1.29, 1.82) is 0 Å². The van der Waals surface area contributed by atoms with E-state index in [9.17, 15) is 4.79 Å². The number of rotatable bonds is 10. The van der Waals surface area contributed by atoms with Gasteiger partial charge in [0.2, 0.25) is 0 Å². The molecule has 0 N–H and O–H groups in total. The average Bonchev–Trinajstić information content (AvgIpc) is 2.66. The third-order valence-corrected chi connectivity index (χ3v) is 6.70. The van der Waals surface area contributed by atoms with Gasteiger partial charge < -0.3 is 9.64 Å². The molecule has 0 spiro atoms. The molecule has 0 unspecified atom stereocenters. The zero-order valence-corrected chi connectivity index (χ0v) is 20.5. The molecule has 1 saturated heterocycles. The molecular weight excluding hydrogens is 372 g/mol. The number of carbonyl (C=O) groups excluding carboxylic acids is 1. The lowest BCUT2D eigenvalue weighted by Crippen LogP contribution is -2.60. The minimum Gasteiger partial charge on any atom is -0.462 e. The maximum Gasteiger partial charge on any atom is 0.306 e. The number of hydrogen-bond acceptors (Lipinski definition) is 4. The summed E-state index contributed by atoms with van der Waals surface area (Å²) in [7, 11) is 2.17. The first-order chi connectivity index (χ1) is 14.1. The van der Waals surface area contributed by atoms with Gasteiger partial charge in [0.25, 0.3) is 0 Å². The zero-order chi connectivity index (χ0) is 22.4. The molecule has 0 saturated carbocycles. The number of ether oxygens (including phenoxy) is 1. The number of hydrogen-bond donors (Lipinski definition) is 0. The highest BCUT2D eigenvalue weighted by Crippen LogP contribution is 2.38. The van der Waals surface area contributed by atoms with Gasteiger partial charge in [0.05, 0.1) is 0 Å². The lowest BCUT2D eigenvalue weighted by molar-refractivity contribution is -0.159. The predicted molar refractivity (Wildman–Crippen MR) is 127 cm³/mol. The summed E-state index contributed by atoms with van der Waals surface area (Å²) < 4.78 is 5.88. The first kappa shape index (κ1) is 24.7. The van der Waals surface area contributed by atoms with Crippen LogP contribution in [0, 0.1) is 0 Å². The van der Waals surface area contributed by atoms with E-state index in [0.717, 1.165) is 51.6 Å². The van der Waals surface area contributed by atoms with Crippen molar-refractivity contribution in [3.05, 3.63) is 29.8 Å². The quantitative estimate of drug-likeness (QED) is 0.449. The fourth-order valence-electron chi connectivity index (χ4n) is 4.83. The van der Waals surface area contributed by atoms with Crippen LogP contribution in [0.3, 0.4) is 0 Å². The highest BCUT2D eigenvalue weighted by atomic mass is 16.5. The number of piperidine rings is 1. The summed E-state index contributed by atoms with van der Waals surface area (Å²) in [5, 5.41) is 0. The van der Waals surface area contributed by atoms with Crippen molar-refractivity contribution >= 4 is 11.7 Å². The second-order valence-electron chi connectivity index (χ2n) is 10.2. The van der Waals surface area contributed by atoms with E-state index >= 15 is 0 Å². The largest absolute Gasteiger partial charge is 0.462 e. The van der Waals surface area contributed by atoms with Crippen LogP contribution in [0.2, 0.25) is 0 Å². The van der Waals surface area contributed by atoms with Crippen LogP contribution in [0.25, 0.3) is 0 Å². The van der Waals surface area contributed by atoms with E-state index in [0.29, 0.717) is 6.42 Å². The molecule has 0 bridgehead atoms. The highest BCUT2D eigenvalue weighted by molar-refractivity contribution is 5.69. The van der Waals surface area contributed by atoms with Crippen LogP contribution in [-0.4, -0.2) is 48.2 Å². The fraction of sp³-hybridized carbons (Fsp3) is 0.731. The Morgan fingerprint density at radius 1 is 1.03 bits per heavy atom. The Kier molecular flexibility index (Phi) is 8.78. The van der Waals surface area contributed by atoms with Crippen LogP contribution in [0.5, 0.6) is 0 Å². The van der Waals surface area contributed by atoms with E-state index in [1.165, 1.54) is 11.3 Å². The van der Waals surface area contributed by atoms with Crippen molar-refractivity contribution in [2.45, 2.75) is 104 Å². The summed E-state index contributed by atoms with van der Waals surface area (Å²) in [6, 6.07) is 8.87. The number of esters is 1. The van der Waals surface area contributed by atoms with E-state index < -0.39 is 0 Å². The molecule has 30 heavy (non-hydrogen) atoms. The topological polar surface area (TPSA) is 32.8 Å². The zero-order valence-electron chi connectivity index (χ0n) is 20.5. The number of nitrogens with zero attached hydrogens (tertiary/aromatic N) is 2. The molecule has 4 heteroatoms. The Balaban J connectivity index is 1.80. The van der Waals surface area contributed by atoms with Crippen molar-refractivity contribution in [3.63, 3.8) is 0 Å². The van der Waals surface area contributed by atoms with Gasteiger partial charge in [0.1, 0.15) is 6.10 Å². The average molecular weight is 417 g/mol. The molecule has 0 atom stereocenters. The van der Waals surface area contributed by atoms with Gasteiger partial charge in [0, 0.05) is 49.1 Å². The molecule has 170 valence electrons. The van der Waals surface area contributed by atoms with Crippen LogP contribution in [0.1, 0.15) is 85.6 Å². The summed E-state index contributed by atoms with van der Waals surface area (Å²) in [5.41, 5.74) is 2.67. The maximum atomic E-state index is 12.4. The van der Waals surface area contributed by atoms with Gasteiger partial charge >= 0.3 is 5.97 Å². The van der Waals surface area contributed by atoms with Crippen LogP contribution >= 0.6 is 0 Å². The first-order valence-electron chi connectivity index (χ1n) is 11.9. The summed E-state index contributed by atoms with van der Waals surface area (Å²) in [5.74, 6) is -0.0511. The Hall–Kier alpha value is -1.55. The lowest BCUT2D eigenvalue weighted by atomic mass is 9.79. The molecule has 1 heterocycles. The SMILES string of the molecule is CCCN(CCC)c1ccc(CCCC(=O)OC2CC(C)(C)N(C)C(C)(C)C2)cc1. The molecule has 0 radical (unpaired) electrons. The van der Waals surface area contributed by atoms with E-state index in [1.54, 1.807) is 0 Å². The summed E-state index contributed by atoms with van der Waals surface area (Å²) in [6.45, 7) is 15.6. The van der Waals surface area contributed by atoms with Gasteiger partial charge in [-0.3, -0.25) is 9.69 Å².